The van der Waals surface area contributed by atoms with Gasteiger partial charge in [0.1, 0.15) is 23.1 Å². The Morgan fingerprint density at radius 2 is 1.91 bits per heavy atom. The number of hydrogen-bond acceptors (Lipinski definition) is 7. The minimum absolute atomic E-state index is 0.125. The number of furan rings is 2. The second kappa shape index (κ2) is 9.68. The third kappa shape index (κ3) is 4.65. The van der Waals surface area contributed by atoms with Gasteiger partial charge >= 0.3 is 0 Å². The van der Waals surface area contributed by atoms with Crippen molar-refractivity contribution < 1.29 is 23.1 Å². The number of hydrazone groups is 1. The Morgan fingerprint density at radius 1 is 1.09 bits per heavy atom. The lowest BCUT2D eigenvalue weighted by Crippen LogP contribution is -2.36. The number of fused-ring (bicyclic) bond motifs is 1. The van der Waals surface area contributed by atoms with Crippen molar-refractivity contribution in [3.8, 4) is 11.5 Å². The van der Waals surface area contributed by atoms with Gasteiger partial charge in [-0.15, -0.1) is 0 Å². The normalized spacial score (nSPS) is 15.6. The Morgan fingerprint density at radius 3 is 2.66 bits per heavy atom. The van der Waals surface area contributed by atoms with E-state index in [1.807, 2.05) is 72.6 Å². The number of rotatable bonds is 8. The van der Waals surface area contributed by atoms with Crippen LogP contribution in [0.3, 0.4) is 0 Å². The number of ether oxygens (including phenoxy) is 2. The van der Waals surface area contributed by atoms with Crippen LogP contribution in [-0.2, 0) is 11.3 Å². The Hall–Kier alpha value is -4.04. The van der Waals surface area contributed by atoms with Gasteiger partial charge in [-0.25, -0.2) is 5.01 Å². The molecule has 35 heavy (non-hydrogen) atoms. The van der Waals surface area contributed by atoms with Gasteiger partial charge in [0.25, 0.3) is 5.91 Å². The highest BCUT2D eigenvalue weighted by Crippen LogP contribution is 2.34. The zero-order valence-electron chi connectivity index (χ0n) is 19.9. The van der Waals surface area contributed by atoms with Gasteiger partial charge in [-0.1, -0.05) is 24.3 Å². The molecular formula is C27H27N3O5. The number of carbonyl (C=O) groups is 1. The minimum atomic E-state index is -0.324. The van der Waals surface area contributed by atoms with Crippen molar-refractivity contribution >= 4 is 22.6 Å². The number of carbonyl (C=O) groups excluding carboxylic acids is 1. The molecule has 1 unspecified atom stereocenters. The molecule has 1 aliphatic rings. The van der Waals surface area contributed by atoms with E-state index in [1.54, 1.807) is 20.5 Å². The smallest absolute Gasteiger partial charge is 0.257 e. The first-order valence-electron chi connectivity index (χ1n) is 11.4. The first-order chi connectivity index (χ1) is 17.1. The molecule has 0 radical (unpaired) electrons. The van der Waals surface area contributed by atoms with Crippen LogP contribution in [0.5, 0.6) is 11.5 Å². The highest BCUT2D eigenvalue weighted by atomic mass is 16.5. The molecule has 1 atom stereocenters. The van der Waals surface area contributed by atoms with Crippen molar-refractivity contribution in [1.82, 2.24) is 9.91 Å². The Balaban J connectivity index is 1.35. The Labute approximate surface area is 203 Å². The van der Waals surface area contributed by atoms with Crippen LogP contribution in [-0.4, -0.2) is 49.3 Å². The number of amides is 1. The van der Waals surface area contributed by atoms with Gasteiger partial charge in [0.2, 0.25) is 0 Å². The predicted molar refractivity (Wildman–Crippen MR) is 132 cm³/mol. The highest BCUT2D eigenvalue weighted by molar-refractivity contribution is 6.03. The molecule has 0 saturated carbocycles. The summed E-state index contributed by atoms with van der Waals surface area (Å²) in [6, 6.07) is 18.9. The van der Waals surface area contributed by atoms with E-state index in [4.69, 9.17) is 18.3 Å². The summed E-state index contributed by atoms with van der Waals surface area (Å²) in [5.41, 5.74) is 2.52. The van der Waals surface area contributed by atoms with E-state index < -0.39 is 0 Å². The quantitative estimate of drug-likeness (QED) is 0.364. The first kappa shape index (κ1) is 22.7. The van der Waals surface area contributed by atoms with Crippen LogP contribution in [0.2, 0.25) is 0 Å². The van der Waals surface area contributed by atoms with Crippen molar-refractivity contribution in [2.45, 2.75) is 19.0 Å². The van der Waals surface area contributed by atoms with E-state index in [0.717, 1.165) is 22.2 Å². The van der Waals surface area contributed by atoms with Crippen LogP contribution in [0.25, 0.3) is 11.0 Å². The molecule has 0 spiro atoms. The number of benzene rings is 2. The lowest BCUT2D eigenvalue weighted by molar-refractivity contribution is -0.134. The summed E-state index contributed by atoms with van der Waals surface area (Å²) in [6.45, 7) is 0.744. The molecule has 0 bridgehead atoms. The molecule has 2 aromatic heterocycles. The zero-order chi connectivity index (χ0) is 24.4. The fourth-order valence-corrected chi connectivity index (χ4v) is 4.37. The average Bonchev–Trinajstić information content (AvgIpc) is 3.62. The van der Waals surface area contributed by atoms with Crippen molar-refractivity contribution in [2.75, 3.05) is 27.8 Å². The number of nitrogens with zero attached hydrogens (tertiary/aromatic N) is 3. The van der Waals surface area contributed by atoms with E-state index in [2.05, 4.69) is 5.10 Å². The molecule has 0 N–H and O–H groups in total. The van der Waals surface area contributed by atoms with Crippen LogP contribution < -0.4 is 9.47 Å². The topological polar surface area (TPSA) is 80.7 Å². The van der Waals surface area contributed by atoms with Crippen molar-refractivity contribution in [3.05, 3.63) is 84.0 Å². The molecule has 0 aliphatic carbocycles. The molecule has 180 valence electrons. The zero-order valence-corrected chi connectivity index (χ0v) is 19.9. The Bertz CT molecular complexity index is 1330. The number of hydrogen-bond donors (Lipinski definition) is 0. The SMILES string of the molecule is COc1ccc(CN(C)CC(=O)N2N=C(c3cc4ccccc4o3)CC2c2ccco2)cc1OC. The van der Waals surface area contributed by atoms with Gasteiger partial charge in [0.15, 0.2) is 17.3 Å². The third-order valence-electron chi connectivity index (χ3n) is 6.05. The number of methoxy groups -OCH3 is 2. The summed E-state index contributed by atoms with van der Waals surface area (Å²) in [6.07, 6.45) is 2.12. The minimum Gasteiger partial charge on any atom is -0.493 e. The van der Waals surface area contributed by atoms with E-state index in [0.29, 0.717) is 36.0 Å². The fourth-order valence-electron chi connectivity index (χ4n) is 4.37. The summed E-state index contributed by atoms with van der Waals surface area (Å²) in [5, 5.41) is 7.20. The van der Waals surface area contributed by atoms with Gasteiger partial charge in [-0.3, -0.25) is 9.69 Å². The molecule has 8 heteroatoms. The molecule has 5 rings (SSSR count). The maximum absolute atomic E-state index is 13.4. The van der Waals surface area contributed by atoms with Crippen LogP contribution in [0, 0.1) is 0 Å². The number of para-hydroxylation sites is 1. The maximum atomic E-state index is 13.4. The van der Waals surface area contributed by atoms with Gasteiger partial charge < -0.3 is 18.3 Å². The van der Waals surface area contributed by atoms with Crippen molar-refractivity contribution in [1.29, 1.82) is 0 Å². The average molecular weight is 474 g/mol. The van der Waals surface area contributed by atoms with E-state index in [1.165, 1.54) is 5.01 Å². The largest absolute Gasteiger partial charge is 0.493 e. The first-order valence-corrected chi connectivity index (χ1v) is 11.4. The summed E-state index contributed by atoms with van der Waals surface area (Å²) in [4.78, 5) is 15.3. The third-order valence-corrected chi connectivity index (χ3v) is 6.05. The monoisotopic (exact) mass is 473 g/mol. The van der Waals surface area contributed by atoms with Gasteiger partial charge in [0.05, 0.1) is 27.0 Å². The van der Waals surface area contributed by atoms with Crippen molar-refractivity contribution in [2.24, 2.45) is 5.10 Å². The fraction of sp³-hybridized carbons (Fsp3) is 0.259. The van der Waals surface area contributed by atoms with Gasteiger partial charge in [0, 0.05) is 18.4 Å². The van der Waals surface area contributed by atoms with Crippen LogP contribution >= 0.6 is 0 Å². The van der Waals surface area contributed by atoms with Crippen molar-refractivity contribution in [3.63, 3.8) is 0 Å². The lowest BCUT2D eigenvalue weighted by atomic mass is 10.1. The standard InChI is InChI=1S/C27H27N3O5/c1-29(16-18-10-11-24(32-2)26(13-18)33-3)17-27(31)30-21(23-9-6-12-34-23)15-20(28-30)25-14-19-7-4-5-8-22(19)35-25/h4-14,21H,15-17H2,1-3H3. The summed E-state index contributed by atoms with van der Waals surface area (Å²) < 4.78 is 22.4. The van der Waals surface area contributed by atoms with E-state index in [-0.39, 0.29) is 18.5 Å². The second-order valence-corrected chi connectivity index (χ2v) is 8.53. The summed E-state index contributed by atoms with van der Waals surface area (Å²) in [5.74, 6) is 2.55. The second-order valence-electron chi connectivity index (χ2n) is 8.53. The summed E-state index contributed by atoms with van der Waals surface area (Å²) >= 11 is 0. The number of likely N-dealkylation sites (N-methyl/N-ethyl adjacent to an activating group) is 1. The molecule has 8 nitrogen and oxygen atoms in total. The molecule has 1 amide bonds. The molecule has 2 aromatic carbocycles. The van der Waals surface area contributed by atoms with E-state index >= 15 is 0 Å². The van der Waals surface area contributed by atoms with E-state index in [9.17, 15) is 4.79 Å². The molecule has 3 heterocycles. The Kier molecular flexibility index (Phi) is 6.29. The molecule has 0 saturated heterocycles. The molecule has 4 aromatic rings. The molecule has 1 aliphatic heterocycles. The summed E-state index contributed by atoms with van der Waals surface area (Å²) in [7, 11) is 5.11. The van der Waals surface area contributed by atoms with Crippen LogP contribution in [0.15, 0.2) is 80.9 Å². The molecular weight excluding hydrogens is 446 g/mol. The maximum Gasteiger partial charge on any atom is 0.257 e. The van der Waals surface area contributed by atoms with Gasteiger partial charge in [-0.05, 0) is 49.0 Å². The van der Waals surface area contributed by atoms with Crippen LogP contribution in [0.4, 0.5) is 0 Å². The highest BCUT2D eigenvalue weighted by Gasteiger charge is 2.36. The molecule has 0 fully saturated rings. The lowest BCUT2D eigenvalue weighted by Gasteiger charge is -2.23. The van der Waals surface area contributed by atoms with Gasteiger partial charge in [-0.2, -0.15) is 5.10 Å². The van der Waals surface area contributed by atoms with Crippen LogP contribution in [0.1, 0.15) is 29.5 Å². The predicted octanol–water partition coefficient (Wildman–Crippen LogP) is 4.85.